The lowest BCUT2D eigenvalue weighted by Crippen LogP contribution is -2.37. The number of ketones is 1. The van der Waals surface area contributed by atoms with E-state index in [1.165, 1.54) is 24.2 Å². The number of hydrogen-bond acceptors (Lipinski definition) is 6. The van der Waals surface area contributed by atoms with Crippen LogP contribution in [0.4, 0.5) is 0 Å². The van der Waals surface area contributed by atoms with E-state index in [1.807, 2.05) is 11.4 Å². The molecule has 2 aromatic rings. The number of carbonyl (C=O) groups is 2. The van der Waals surface area contributed by atoms with Crippen molar-refractivity contribution < 1.29 is 14.7 Å². The highest BCUT2D eigenvalue weighted by atomic mass is 32.1. The quantitative estimate of drug-likeness (QED) is 0.777. The number of rotatable bonds is 6. The summed E-state index contributed by atoms with van der Waals surface area (Å²) in [5.41, 5.74) is 0.883. The molecule has 0 radical (unpaired) electrons. The minimum Gasteiger partial charge on any atom is -0.503 e. The fraction of sp³-hybridized carbons (Fsp3) is 0.350. The third-order valence-electron chi connectivity index (χ3n) is 5.15. The van der Waals surface area contributed by atoms with Crippen LogP contribution in [-0.2, 0) is 4.79 Å². The fourth-order valence-electron chi connectivity index (χ4n) is 3.80. The second-order valence-corrected chi connectivity index (χ2v) is 7.75. The molecule has 1 atom stereocenters. The minimum atomic E-state index is -0.608. The van der Waals surface area contributed by atoms with Gasteiger partial charge in [-0.25, -0.2) is 0 Å². The van der Waals surface area contributed by atoms with E-state index in [9.17, 15) is 14.7 Å². The first-order valence-corrected chi connectivity index (χ1v) is 9.99. The van der Waals surface area contributed by atoms with Crippen molar-refractivity contribution in [1.82, 2.24) is 14.8 Å². The smallest absolute Gasteiger partial charge is 0.290 e. The summed E-state index contributed by atoms with van der Waals surface area (Å²) in [6.07, 6.45) is 5.65. The van der Waals surface area contributed by atoms with Gasteiger partial charge in [-0.15, -0.1) is 11.3 Å². The number of pyridine rings is 1. The van der Waals surface area contributed by atoms with Crippen LogP contribution in [0.5, 0.6) is 0 Å². The molecule has 2 aromatic heterocycles. The van der Waals surface area contributed by atoms with E-state index in [0.717, 1.165) is 25.2 Å². The third kappa shape index (κ3) is 3.40. The maximum Gasteiger partial charge on any atom is 0.290 e. The molecule has 2 aliphatic rings. The molecule has 0 saturated carbocycles. The van der Waals surface area contributed by atoms with Crippen molar-refractivity contribution in [2.24, 2.45) is 0 Å². The number of hydrogen-bond donors (Lipinski definition) is 1. The van der Waals surface area contributed by atoms with Gasteiger partial charge in [0.15, 0.2) is 5.76 Å². The number of thiophene rings is 1. The van der Waals surface area contributed by atoms with Gasteiger partial charge in [0.1, 0.15) is 0 Å². The molecule has 1 saturated heterocycles. The number of amides is 1. The lowest BCUT2D eigenvalue weighted by atomic mass is 9.96. The zero-order valence-electron chi connectivity index (χ0n) is 14.9. The molecular formula is C20H21N3O3S. The van der Waals surface area contributed by atoms with Gasteiger partial charge in [-0.2, -0.15) is 0 Å². The molecule has 0 aromatic carbocycles. The molecule has 6 nitrogen and oxygen atoms in total. The molecule has 2 aliphatic heterocycles. The molecule has 27 heavy (non-hydrogen) atoms. The summed E-state index contributed by atoms with van der Waals surface area (Å²) >= 11 is 1.30. The lowest BCUT2D eigenvalue weighted by Gasteiger charge is -2.28. The van der Waals surface area contributed by atoms with Crippen LogP contribution < -0.4 is 0 Å². The summed E-state index contributed by atoms with van der Waals surface area (Å²) in [5.74, 6) is -1.22. The first kappa shape index (κ1) is 17.9. The minimum absolute atomic E-state index is 0.150. The average Bonchev–Trinajstić information content (AvgIpc) is 3.43. The number of carbonyl (C=O) groups excluding carboxylic acids is 2. The first-order chi connectivity index (χ1) is 13.2. The Balaban J connectivity index is 1.67. The number of Topliss-reactive ketones (excluding diaryl/α,β-unsaturated/α-hetero) is 1. The number of aliphatic hydroxyl groups excluding tert-OH is 1. The zero-order valence-corrected chi connectivity index (χ0v) is 15.7. The molecule has 1 fully saturated rings. The molecule has 1 amide bonds. The van der Waals surface area contributed by atoms with E-state index in [-0.39, 0.29) is 11.4 Å². The number of nitrogens with zero attached hydrogens (tertiary/aromatic N) is 3. The number of likely N-dealkylation sites (tertiary alicyclic amines) is 1. The van der Waals surface area contributed by atoms with Crippen molar-refractivity contribution in [1.29, 1.82) is 0 Å². The highest BCUT2D eigenvalue weighted by Crippen LogP contribution is 2.39. The van der Waals surface area contributed by atoms with E-state index in [4.69, 9.17) is 0 Å². The zero-order chi connectivity index (χ0) is 18.8. The fourth-order valence-corrected chi connectivity index (χ4v) is 4.47. The van der Waals surface area contributed by atoms with Crippen LogP contribution in [0.1, 0.15) is 34.1 Å². The molecule has 0 spiro atoms. The van der Waals surface area contributed by atoms with Crippen LogP contribution in [0.25, 0.3) is 0 Å². The number of aromatic nitrogens is 1. The second kappa shape index (κ2) is 7.62. The van der Waals surface area contributed by atoms with Gasteiger partial charge in [-0.3, -0.25) is 14.6 Å². The number of aliphatic hydroxyl groups is 1. The summed E-state index contributed by atoms with van der Waals surface area (Å²) in [6, 6.07) is 6.51. The Bertz CT molecular complexity index is 858. The summed E-state index contributed by atoms with van der Waals surface area (Å²) < 4.78 is 0. The van der Waals surface area contributed by atoms with Crippen LogP contribution in [-0.4, -0.2) is 57.8 Å². The SMILES string of the molecule is O=C(C1=C(O)C(=O)N(CCN2CCCC2)C1c1cccnc1)c1cccs1. The van der Waals surface area contributed by atoms with Crippen molar-refractivity contribution in [2.75, 3.05) is 26.2 Å². The van der Waals surface area contributed by atoms with Gasteiger partial charge >= 0.3 is 0 Å². The van der Waals surface area contributed by atoms with Crippen molar-refractivity contribution >= 4 is 23.0 Å². The Labute approximate surface area is 161 Å². The topological polar surface area (TPSA) is 73.7 Å². The molecular weight excluding hydrogens is 362 g/mol. The van der Waals surface area contributed by atoms with E-state index in [1.54, 1.807) is 35.5 Å². The van der Waals surface area contributed by atoms with E-state index in [2.05, 4.69) is 9.88 Å². The van der Waals surface area contributed by atoms with Crippen molar-refractivity contribution in [3.05, 3.63) is 63.8 Å². The van der Waals surface area contributed by atoms with Crippen molar-refractivity contribution in [3.63, 3.8) is 0 Å². The molecule has 0 aliphatic carbocycles. The Kier molecular flexibility index (Phi) is 5.05. The van der Waals surface area contributed by atoms with Gasteiger partial charge in [-0.1, -0.05) is 12.1 Å². The monoisotopic (exact) mass is 383 g/mol. The van der Waals surface area contributed by atoms with Gasteiger partial charge in [0.25, 0.3) is 5.91 Å². The summed E-state index contributed by atoms with van der Waals surface area (Å²) in [5, 5.41) is 12.4. The molecule has 1 unspecified atom stereocenters. The van der Waals surface area contributed by atoms with Crippen LogP contribution in [0.2, 0.25) is 0 Å². The van der Waals surface area contributed by atoms with Gasteiger partial charge < -0.3 is 14.9 Å². The lowest BCUT2D eigenvalue weighted by molar-refractivity contribution is -0.129. The van der Waals surface area contributed by atoms with Crippen LogP contribution >= 0.6 is 11.3 Å². The molecule has 4 rings (SSSR count). The first-order valence-electron chi connectivity index (χ1n) is 9.11. The van der Waals surface area contributed by atoms with E-state index < -0.39 is 17.7 Å². The van der Waals surface area contributed by atoms with E-state index in [0.29, 0.717) is 11.4 Å². The Morgan fingerprint density at radius 2 is 2.04 bits per heavy atom. The molecule has 0 bridgehead atoms. The van der Waals surface area contributed by atoms with E-state index >= 15 is 0 Å². The highest BCUT2D eigenvalue weighted by molar-refractivity contribution is 7.12. The van der Waals surface area contributed by atoms with Gasteiger partial charge in [0.05, 0.1) is 16.5 Å². The Morgan fingerprint density at radius 3 is 2.70 bits per heavy atom. The highest BCUT2D eigenvalue weighted by Gasteiger charge is 2.44. The largest absolute Gasteiger partial charge is 0.503 e. The third-order valence-corrected chi connectivity index (χ3v) is 6.02. The summed E-state index contributed by atoms with van der Waals surface area (Å²) in [7, 11) is 0. The van der Waals surface area contributed by atoms with Gasteiger partial charge in [-0.05, 0) is 49.0 Å². The summed E-state index contributed by atoms with van der Waals surface area (Å²) in [4.78, 5) is 34.4. The predicted octanol–water partition coefficient (Wildman–Crippen LogP) is 2.82. The maximum absolute atomic E-state index is 13.0. The molecule has 1 N–H and O–H groups in total. The molecule has 4 heterocycles. The normalized spacial score (nSPS) is 20.7. The second-order valence-electron chi connectivity index (χ2n) is 6.80. The standard InChI is InChI=1S/C20H21N3O3S/c24-18(15-6-4-12-27-15)16-17(14-5-3-7-21-13-14)23(20(26)19(16)25)11-10-22-8-1-2-9-22/h3-7,12-13,17,25H,1-2,8-11H2. The Hall–Kier alpha value is -2.51. The molecule has 140 valence electrons. The van der Waals surface area contributed by atoms with Crippen molar-refractivity contribution in [3.8, 4) is 0 Å². The average molecular weight is 383 g/mol. The molecule has 7 heteroatoms. The van der Waals surface area contributed by atoms with Crippen LogP contribution in [0, 0.1) is 0 Å². The Morgan fingerprint density at radius 1 is 1.22 bits per heavy atom. The summed E-state index contributed by atoms with van der Waals surface area (Å²) in [6.45, 7) is 3.25. The predicted molar refractivity (Wildman–Crippen MR) is 103 cm³/mol. The maximum atomic E-state index is 13.0. The van der Waals surface area contributed by atoms with Gasteiger partial charge in [0.2, 0.25) is 5.78 Å². The van der Waals surface area contributed by atoms with Crippen molar-refractivity contribution in [2.45, 2.75) is 18.9 Å². The van der Waals surface area contributed by atoms with Gasteiger partial charge in [0, 0.05) is 25.5 Å². The van der Waals surface area contributed by atoms with Crippen LogP contribution in [0.15, 0.2) is 53.4 Å². The van der Waals surface area contributed by atoms with Crippen LogP contribution in [0.3, 0.4) is 0 Å².